The fourth-order valence-corrected chi connectivity index (χ4v) is 3.87. The number of rotatable bonds is 4. The number of benzene rings is 2. The van der Waals surface area contributed by atoms with E-state index in [1.165, 1.54) is 12.1 Å². The van der Waals surface area contributed by atoms with Crippen molar-refractivity contribution in [1.82, 2.24) is 9.71 Å². The van der Waals surface area contributed by atoms with Gasteiger partial charge in [0.15, 0.2) is 11.5 Å². The molecule has 1 aliphatic rings. The lowest BCUT2D eigenvalue weighted by atomic mass is 10.1. The lowest BCUT2D eigenvalue weighted by molar-refractivity contribution is 0.174. The molecule has 6 nitrogen and oxygen atoms in total. The van der Waals surface area contributed by atoms with Gasteiger partial charge >= 0.3 is 0 Å². The first kappa shape index (κ1) is 15.0. The van der Waals surface area contributed by atoms with E-state index in [1.54, 1.807) is 6.07 Å². The smallest absolute Gasteiger partial charge is 0.241 e. The quantitative estimate of drug-likeness (QED) is 0.762. The number of para-hydroxylation sites is 1. The van der Waals surface area contributed by atoms with E-state index in [9.17, 15) is 8.42 Å². The molecule has 3 aromatic rings. The highest BCUT2D eigenvalue weighted by Gasteiger charge is 2.21. The number of sulfonamides is 1. The summed E-state index contributed by atoms with van der Waals surface area (Å²) in [4.78, 5) is 3.42. The van der Waals surface area contributed by atoms with Crippen molar-refractivity contribution >= 4 is 20.9 Å². The van der Waals surface area contributed by atoms with Crippen molar-refractivity contribution in [3.63, 3.8) is 0 Å². The maximum atomic E-state index is 12.6. The second-order valence-corrected chi connectivity index (χ2v) is 7.38. The predicted molar refractivity (Wildman–Crippen MR) is 89.6 cm³/mol. The number of hydrogen-bond donors (Lipinski definition) is 2. The van der Waals surface area contributed by atoms with Crippen LogP contribution < -0.4 is 14.2 Å². The normalized spacial score (nSPS) is 13.5. The maximum Gasteiger partial charge on any atom is 0.241 e. The Bertz CT molecular complexity index is 1020. The fraction of sp³-hybridized carbons (Fsp3) is 0.176. The van der Waals surface area contributed by atoms with E-state index >= 15 is 0 Å². The van der Waals surface area contributed by atoms with Gasteiger partial charge in [-0.3, -0.25) is 0 Å². The molecule has 0 atom stereocenters. The minimum absolute atomic E-state index is 0.112. The molecule has 0 spiro atoms. The Labute approximate surface area is 139 Å². The average Bonchev–Trinajstić information content (AvgIpc) is 3.15. The van der Waals surface area contributed by atoms with Gasteiger partial charge in [-0.2, -0.15) is 0 Å². The van der Waals surface area contributed by atoms with Crippen molar-refractivity contribution in [1.29, 1.82) is 0 Å². The summed E-state index contributed by atoms with van der Waals surface area (Å²) < 4.78 is 38.2. The molecule has 2 heterocycles. The topological polar surface area (TPSA) is 80.4 Å². The molecule has 7 heteroatoms. The monoisotopic (exact) mass is 344 g/mol. The molecule has 4 rings (SSSR count). The molecule has 0 saturated carbocycles. The third-order valence-corrected chi connectivity index (χ3v) is 5.52. The summed E-state index contributed by atoms with van der Waals surface area (Å²) in [5.41, 5.74) is 2.88. The van der Waals surface area contributed by atoms with Crippen molar-refractivity contribution in [3.8, 4) is 11.5 Å². The van der Waals surface area contributed by atoms with Crippen LogP contribution in [0.15, 0.2) is 47.4 Å². The van der Waals surface area contributed by atoms with Crippen LogP contribution in [0, 0.1) is 6.92 Å². The predicted octanol–water partition coefficient (Wildman–Crippen LogP) is 2.68. The Morgan fingerprint density at radius 3 is 2.79 bits per heavy atom. The molecule has 0 amide bonds. The molecular formula is C17H16N2O4S. The number of hydrogen-bond acceptors (Lipinski definition) is 4. The van der Waals surface area contributed by atoms with E-state index in [-0.39, 0.29) is 18.2 Å². The van der Waals surface area contributed by atoms with E-state index in [0.717, 1.165) is 22.2 Å². The van der Waals surface area contributed by atoms with Crippen molar-refractivity contribution < 1.29 is 17.9 Å². The number of fused-ring (bicyclic) bond motifs is 2. The van der Waals surface area contributed by atoms with E-state index < -0.39 is 10.0 Å². The third kappa shape index (κ3) is 2.51. The van der Waals surface area contributed by atoms with Gasteiger partial charge in [0.05, 0.1) is 4.90 Å². The van der Waals surface area contributed by atoms with Gasteiger partial charge in [-0.1, -0.05) is 18.2 Å². The highest BCUT2D eigenvalue weighted by Crippen LogP contribution is 2.33. The molecule has 124 valence electrons. The van der Waals surface area contributed by atoms with Gasteiger partial charge in [0.2, 0.25) is 16.8 Å². The molecule has 2 N–H and O–H groups in total. The first-order valence-corrected chi connectivity index (χ1v) is 8.98. The van der Waals surface area contributed by atoms with Crippen molar-refractivity contribution in [2.75, 3.05) is 6.79 Å². The van der Waals surface area contributed by atoms with Crippen LogP contribution in [0.3, 0.4) is 0 Å². The van der Waals surface area contributed by atoms with Crippen LogP contribution in [0.25, 0.3) is 10.9 Å². The summed E-state index contributed by atoms with van der Waals surface area (Å²) in [5, 5.41) is 1.02. The minimum Gasteiger partial charge on any atom is -0.454 e. The molecule has 0 aliphatic carbocycles. The Morgan fingerprint density at radius 2 is 1.92 bits per heavy atom. The van der Waals surface area contributed by atoms with Crippen LogP contribution >= 0.6 is 0 Å². The maximum absolute atomic E-state index is 12.6. The van der Waals surface area contributed by atoms with E-state index in [0.29, 0.717) is 11.5 Å². The lowest BCUT2D eigenvalue weighted by Gasteiger charge is -2.08. The third-order valence-electron chi connectivity index (χ3n) is 4.12. The average molecular weight is 344 g/mol. The van der Waals surface area contributed by atoms with Gasteiger partial charge in [0.25, 0.3) is 0 Å². The zero-order chi connectivity index (χ0) is 16.7. The van der Waals surface area contributed by atoms with Gasteiger partial charge < -0.3 is 14.5 Å². The van der Waals surface area contributed by atoms with Crippen LogP contribution in [0.4, 0.5) is 0 Å². The summed E-state index contributed by atoms with van der Waals surface area (Å²) in [6, 6.07) is 12.4. The molecule has 1 aliphatic heterocycles. The summed E-state index contributed by atoms with van der Waals surface area (Å²) in [6.45, 7) is 2.26. The summed E-state index contributed by atoms with van der Waals surface area (Å²) >= 11 is 0. The molecule has 0 bridgehead atoms. The molecular weight excluding hydrogens is 328 g/mol. The molecule has 1 aromatic heterocycles. The number of nitrogens with one attached hydrogen (secondary N) is 2. The SMILES string of the molecule is Cc1[nH]c2ccccc2c1CNS(=O)(=O)c1ccc2c(c1)OCO2. The number of H-pyrrole nitrogens is 1. The highest BCUT2D eigenvalue weighted by atomic mass is 32.2. The van der Waals surface area contributed by atoms with Crippen LogP contribution in [-0.2, 0) is 16.6 Å². The van der Waals surface area contributed by atoms with Gasteiger partial charge in [0.1, 0.15) is 0 Å². The molecule has 24 heavy (non-hydrogen) atoms. The summed E-state index contributed by atoms with van der Waals surface area (Å²) in [6.07, 6.45) is 0. The van der Waals surface area contributed by atoms with E-state index in [1.807, 2.05) is 31.2 Å². The number of ether oxygens (including phenoxy) is 2. The first-order chi connectivity index (χ1) is 11.5. The molecule has 0 unspecified atom stereocenters. The van der Waals surface area contributed by atoms with Crippen molar-refractivity contribution in [2.45, 2.75) is 18.4 Å². The standard InChI is InChI=1S/C17H16N2O4S/c1-11-14(13-4-2-3-5-15(13)19-11)9-18-24(20,21)12-6-7-16-17(8-12)23-10-22-16/h2-8,18-19H,9-10H2,1H3. The fourth-order valence-electron chi connectivity index (χ4n) is 2.86. The van der Waals surface area contributed by atoms with Gasteiger partial charge in [-0.25, -0.2) is 13.1 Å². The van der Waals surface area contributed by atoms with Gasteiger partial charge in [-0.15, -0.1) is 0 Å². The summed E-state index contributed by atoms with van der Waals surface area (Å²) in [7, 11) is -3.64. The highest BCUT2D eigenvalue weighted by molar-refractivity contribution is 7.89. The first-order valence-electron chi connectivity index (χ1n) is 7.50. The van der Waals surface area contributed by atoms with Crippen molar-refractivity contribution in [2.24, 2.45) is 0 Å². The largest absolute Gasteiger partial charge is 0.454 e. The zero-order valence-corrected chi connectivity index (χ0v) is 13.8. The van der Waals surface area contributed by atoms with Crippen LogP contribution in [0.1, 0.15) is 11.3 Å². The van der Waals surface area contributed by atoms with E-state index in [4.69, 9.17) is 9.47 Å². The van der Waals surface area contributed by atoms with E-state index in [2.05, 4.69) is 9.71 Å². The Kier molecular flexibility index (Phi) is 3.47. The number of aryl methyl sites for hydroxylation is 1. The number of aromatic nitrogens is 1. The zero-order valence-electron chi connectivity index (χ0n) is 13.0. The van der Waals surface area contributed by atoms with Gasteiger partial charge in [0, 0.05) is 29.2 Å². The second-order valence-electron chi connectivity index (χ2n) is 5.61. The molecule has 0 radical (unpaired) electrons. The Balaban J connectivity index is 1.61. The molecule has 0 fully saturated rings. The number of aromatic amines is 1. The Morgan fingerprint density at radius 1 is 1.12 bits per heavy atom. The van der Waals surface area contributed by atoms with Crippen LogP contribution in [0.2, 0.25) is 0 Å². The van der Waals surface area contributed by atoms with Crippen molar-refractivity contribution in [3.05, 3.63) is 53.7 Å². The molecule has 0 saturated heterocycles. The van der Waals surface area contributed by atoms with Crippen LogP contribution in [-0.4, -0.2) is 20.2 Å². The minimum atomic E-state index is -3.64. The Hall–Kier alpha value is -2.51. The second kappa shape index (κ2) is 5.54. The summed E-state index contributed by atoms with van der Waals surface area (Å²) in [5.74, 6) is 1.00. The van der Waals surface area contributed by atoms with Gasteiger partial charge in [-0.05, 0) is 30.7 Å². The molecule has 2 aromatic carbocycles. The lowest BCUT2D eigenvalue weighted by Crippen LogP contribution is -2.23. The van der Waals surface area contributed by atoms with Crippen LogP contribution in [0.5, 0.6) is 11.5 Å².